The van der Waals surface area contributed by atoms with E-state index in [0.717, 1.165) is 26.2 Å². The summed E-state index contributed by atoms with van der Waals surface area (Å²) in [6.45, 7) is 11.1. The molecule has 0 spiro atoms. The number of hydrogen-bond donors (Lipinski definition) is 2. The van der Waals surface area contributed by atoms with Crippen molar-refractivity contribution in [1.29, 1.82) is 0 Å². The maximum atomic E-state index is 5.45. The van der Waals surface area contributed by atoms with E-state index < -0.39 is 0 Å². The molecule has 0 aliphatic heterocycles. The van der Waals surface area contributed by atoms with Crippen LogP contribution >= 0.6 is 0 Å². The summed E-state index contributed by atoms with van der Waals surface area (Å²) in [6, 6.07) is 0.470. The zero-order chi connectivity index (χ0) is 13.4. The quantitative estimate of drug-likeness (QED) is 0.691. The molecule has 6 heteroatoms. The highest BCUT2D eigenvalue weighted by Gasteiger charge is 2.11. The third-order valence-corrected chi connectivity index (χ3v) is 2.18. The first-order valence-corrected chi connectivity index (χ1v) is 6.40. The van der Waals surface area contributed by atoms with Gasteiger partial charge in [0, 0.05) is 25.3 Å². The Morgan fingerprint density at radius 1 is 1.28 bits per heavy atom. The summed E-state index contributed by atoms with van der Waals surface area (Å²) < 4.78 is 10.7. The first-order chi connectivity index (χ1) is 8.51. The van der Waals surface area contributed by atoms with E-state index >= 15 is 0 Å². The summed E-state index contributed by atoms with van der Waals surface area (Å²) >= 11 is 0. The molecule has 0 amide bonds. The lowest BCUT2D eigenvalue weighted by atomic mass is 10.1. The highest BCUT2D eigenvalue weighted by molar-refractivity contribution is 5.16. The van der Waals surface area contributed by atoms with Crippen LogP contribution in [0, 0.1) is 0 Å². The van der Waals surface area contributed by atoms with E-state index in [4.69, 9.17) is 9.15 Å². The fraction of sp³-hybridized carbons (Fsp3) is 0.833. The average Bonchev–Trinajstić information content (AvgIpc) is 2.73. The van der Waals surface area contributed by atoms with Gasteiger partial charge in [0.15, 0.2) is 0 Å². The van der Waals surface area contributed by atoms with Crippen LogP contribution < -0.4 is 10.6 Å². The van der Waals surface area contributed by atoms with Crippen molar-refractivity contribution in [3.05, 3.63) is 5.89 Å². The summed E-state index contributed by atoms with van der Waals surface area (Å²) in [5.74, 6) is 0.595. The lowest BCUT2D eigenvalue weighted by Crippen LogP contribution is -2.35. The van der Waals surface area contributed by atoms with Gasteiger partial charge in [-0.3, -0.25) is 0 Å². The van der Waals surface area contributed by atoms with Gasteiger partial charge < -0.3 is 19.8 Å². The van der Waals surface area contributed by atoms with Crippen molar-refractivity contribution >= 4 is 6.01 Å². The second kappa shape index (κ2) is 7.33. The standard InChI is InChI=1S/C12H24N4O2/c1-5-17-8-6-7-13-11-16-15-10(18-11)9-14-12(2,3)4/h14H,5-9H2,1-4H3,(H,13,16). The Morgan fingerprint density at radius 2 is 2.06 bits per heavy atom. The van der Waals surface area contributed by atoms with Crippen LogP contribution in [0.25, 0.3) is 0 Å². The molecular formula is C12H24N4O2. The van der Waals surface area contributed by atoms with E-state index in [9.17, 15) is 0 Å². The molecule has 0 unspecified atom stereocenters. The number of aromatic nitrogens is 2. The maximum absolute atomic E-state index is 5.45. The monoisotopic (exact) mass is 256 g/mol. The van der Waals surface area contributed by atoms with Crippen LogP contribution in [0.1, 0.15) is 40.0 Å². The van der Waals surface area contributed by atoms with Gasteiger partial charge in [-0.1, -0.05) is 5.10 Å². The molecule has 0 aliphatic carbocycles. The fourth-order valence-corrected chi connectivity index (χ4v) is 1.25. The maximum Gasteiger partial charge on any atom is 0.315 e. The second-order valence-corrected chi connectivity index (χ2v) is 5.08. The van der Waals surface area contributed by atoms with Gasteiger partial charge in [0.1, 0.15) is 0 Å². The molecule has 0 radical (unpaired) electrons. The minimum atomic E-state index is 0.0412. The van der Waals surface area contributed by atoms with Gasteiger partial charge in [0.05, 0.1) is 6.54 Å². The zero-order valence-electron chi connectivity index (χ0n) is 11.7. The third-order valence-electron chi connectivity index (χ3n) is 2.18. The van der Waals surface area contributed by atoms with Crippen LogP contribution in [0.15, 0.2) is 4.42 Å². The number of rotatable bonds is 8. The highest BCUT2D eigenvalue weighted by Crippen LogP contribution is 2.07. The molecule has 0 bridgehead atoms. The highest BCUT2D eigenvalue weighted by atomic mass is 16.5. The van der Waals surface area contributed by atoms with E-state index in [0.29, 0.717) is 18.5 Å². The normalized spacial score (nSPS) is 11.8. The number of ether oxygens (including phenoxy) is 1. The van der Waals surface area contributed by atoms with Crippen molar-refractivity contribution in [2.45, 2.75) is 46.2 Å². The summed E-state index contributed by atoms with van der Waals surface area (Å²) in [6.07, 6.45) is 0.922. The first-order valence-electron chi connectivity index (χ1n) is 6.40. The summed E-state index contributed by atoms with van der Waals surface area (Å²) in [7, 11) is 0. The Balaban J connectivity index is 2.22. The van der Waals surface area contributed by atoms with Gasteiger partial charge >= 0.3 is 6.01 Å². The van der Waals surface area contributed by atoms with E-state index in [1.54, 1.807) is 0 Å². The number of nitrogens with one attached hydrogen (secondary N) is 2. The fourth-order valence-electron chi connectivity index (χ4n) is 1.25. The van der Waals surface area contributed by atoms with Gasteiger partial charge in [-0.25, -0.2) is 0 Å². The van der Waals surface area contributed by atoms with Gasteiger partial charge in [-0.2, -0.15) is 0 Å². The second-order valence-electron chi connectivity index (χ2n) is 5.08. The van der Waals surface area contributed by atoms with Gasteiger partial charge in [0.25, 0.3) is 0 Å². The van der Waals surface area contributed by atoms with Crippen molar-refractivity contribution < 1.29 is 9.15 Å². The topological polar surface area (TPSA) is 72.2 Å². The van der Waals surface area contributed by atoms with Crippen molar-refractivity contribution in [2.75, 3.05) is 25.1 Å². The molecule has 0 saturated carbocycles. The number of hydrogen-bond acceptors (Lipinski definition) is 6. The van der Waals surface area contributed by atoms with Gasteiger partial charge in [-0.15, -0.1) is 5.10 Å². The molecule has 1 aromatic heterocycles. The van der Waals surface area contributed by atoms with Crippen LogP contribution in [0.4, 0.5) is 6.01 Å². The largest absolute Gasteiger partial charge is 0.407 e. The Morgan fingerprint density at radius 3 is 2.72 bits per heavy atom. The number of anilines is 1. The van der Waals surface area contributed by atoms with Crippen molar-refractivity contribution in [2.24, 2.45) is 0 Å². The molecular weight excluding hydrogens is 232 g/mol. The molecule has 1 rings (SSSR count). The predicted octanol–water partition coefficient (Wildman–Crippen LogP) is 1.80. The molecule has 0 aromatic carbocycles. The zero-order valence-corrected chi connectivity index (χ0v) is 11.7. The molecule has 18 heavy (non-hydrogen) atoms. The lowest BCUT2D eigenvalue weighted by Gasteiger charge is -2.18. The molecule has 1 heterocycles. The minimum absolute atomic E-state index is 0.0412. The average molecular weight is 256 g/mol. The molecule has 0 aliphatic rings. The summed E-state index contributed by atoms with van der Waals surface area (Å²) in [4.78, 5) is 0. The van der Waals surface area contributed by atoms with Gasteiger partial charge in [-0.05, 0) is 34.1 Å². The molecule has 104 valence electrons. The molecule has 6 nitrogen and oxygen atoms in total. The van der Waals surface area contributed by atoms with E-state index in [1.807, 2.05) is 6.92 Å². The predicted molar refractivity (Wildman–Crippen MR) is 70.5 cm³/mol. The van der Waals surface area contributed by atoms with Crippen molar-refractivity contribution in [3.8, 4) is 0 Å². The van der Waals surface area contributed by atoms with Crippen LogP contribution in [0.2, 0.25) is 0 Å². The lowest BCUT2D eigenvalue weighted by molar-refractivity contribution is 0.147. The SMILES string of the molecule is CCOCCCNc1nnc(CNC(C)(C)C)o1. The van der Waals surface area contributed by atoms with Crippen LogP contribution in [-0.4, -0.2) is 35.5 Å². The van der Waals surface area contributed by atoms with Crippen molar-refractivity contribution in [1.82, 2.24) is 15.5 Å². The van der Waals surface area contributed by atoms with E-state index in [1.165, 1.54) is 0 Å². The van der Waals surface area contributed by atoms with Crippen LogP contribution in [-0.2, 0) is 11.3 Å². The van der Waals surface area contributed by atoms with Crippen LogP contribution in [0.3, 0.4) is 0 Å². The van der Waals surface area contributed by atoms with E-state index in [-0.39, 0.29) is 5.54 Å². The molecule has 0 saturated heterocycles. The van der Waals surface area contributed by atoms with Crippen molar-refractivity contribution in [3.63, 3.8) is 0 Å². The first kappa shape index (κ1) is 14.9. The smallest absolute Gasteiger partial charge is 0.315 e. The van der Waals surface area contributed by atoms with Gasteiger partial charge in [0.2, 0.25) is 5.89 Å². The Hall–Kier alpha value is -1.14. The summed E-state index contributed by atoms with van der Waals surface area (Å²) in [5.41, 5.74) is 0.0412. The summed E-state index contributed by atoms with van der Waals surface area (Å²) in [5, 5.41) is 14.3. The molecule has 1 aromatic rings. The molecule has 0 fully saturated rings. The number of nitrogens with zero attached hydrogens (tertiary/aromatic N) is 2. The Kier molecular flexibility index (Phi) is 6.07. The minimum Gasteiger partial charge on any atom is -0.407 e. The van der Waals surface area contributed by atoms with Crippen LogP contribution in [0.5, 0.6) is 0 Å². The third kappa shape index (κ3) is 6.56. The Labute approximate surface area is 108 Å². The Bertz CT molecular complexity index is 333. The molecule has 2 N–H and O–H groups in total. The van der Waals surface area contributed by atoms with E-state index in [2.05, 4.69) is 41.6 Å². The molecule has 0 atom stereocenters.